The van der Waals surface area contributed by atoms with E-state index >= 15 is 0 Å². The molecule has 1 atom stereocenters. The minimum Gasteiger partial charge on any atom is -0.289 e. The molecule has 0 saturated heterocycles. The number of rotatable bonds is 5. The highest BCUT2D eigenvalue weighted by molar-refractivity contribution is 7.82. The number of hydrogen-bond acceptors (Lipinski definition) is 2. The van der Waals surface area contributed by atoms with Gasteiger partial charge in [0.25, 0.3) is 14.1 Å². The minimum atomic E-state index is -2.17. The van der Waals surface area contributed by atoms with Gasteiger partial charge in [-0.1, -0.05) is 84.9 Å². The summed E-state index contributed by atoms with van der Waals surface area (Å²) >= 11 is -1.26. The van der Waals surface area contributed by atoms with Crippen LogP contribution in [0.1, 0.15) is 30.9 Å². The van der Waals surface area contributed by atoms with E-state index in [4.69, 9.17) is 9.73 Å². The molecule has 0 spiro atoms. The smallest absolute Gasteiger partial charge is 0.274 e. The summed E-state index contributed by atoms with van der Waals surface area (Å²) in [6.07, 6.45) is 1.93. The van der Waals surface area contributed by atoms with Gasteiger partial charge in [-0.25, -0.2) is 0 Å². The van der Waals surface area contributed by atoms with E-state index in [0.717, 1.165) is 5.52 Å². The van der Waals surface area contributed by atoms with Crippen LogP contribution in [0.15, 0.2) is 102 Å². The number of nitrogens with zero attached hydrogens (tertiary/aromatic N) is 2. The summed E-state index contributed by atoms with van der Waals surface area (Å²) in [5, 5.41) is 3.93. The number of benzene rings is 3. The lowest BCUT2D eigenvalue weighted by Gasteiger charge is -2.39. The number of fused-ring (bicyclic) bond motifs is 1. The van der Waals surface area contributed by atoms with Crippen molar-refractivity contribution in [3.8, 4) is 0 Å². The highest BCUT2D eigenvalue weighted by atomic mass is 31.2. The van der Waals surface area contributed by atoms with E-state index in [1.54, 1.807) is 0 Å². The fourth-order valence-corrected chi connectivity index (χ4v) is 14.6. The van der Waals surface area contributed by atoms with Crippen LogP contribution in [0.2, 0.25) is 11.6 Å². The van der Waals surface area contributed by atoms with E-state index in [0.29, 0.717) is 4.52 Å². The van der Waals surface area contributed by atoms with Crippen molar-refractivity contribution in [3.63, 3.8) is 0 Å². The standard InChI is InChI=1S/C26H26N2P.2CH3.Al/c1-26(2,3)28-29(23-15-6-4-7-16-23,24-17-8-5-9-18-24)20-22-13-10-12-21-14-11-19-27-25(21)22;;;/h4-20H,1-3H3;2*1H3;. The van der Waals surface area contributed by atoms with Crippen molar-refractivity contribution in [1.82, 2.24) is 4.98 Å². The van der Waals surface area contributed by atoms with Crippen LogP contribution in [0.5, 0.6) is 0 Å². The minimum absolute atomic E-state index is 0.168. The summed E-state index contributed by atoms with van der Waals surface area (Å²) in [6.45, 7) is 6.73. The van der Waals surface area contributed by atoms with Crippen molar-refractivity contribution in [2.45, 2.75) is 42.4 Å². The zero-order chi connectivity index (χ0) is 22.8. The van der Waals surface area contributed by atoms with Crippen LogP contribution in [0.3, 0.4) is 0 Å². The molecule has 32 heavy (non-hydrogen) atoms. The Hall–Kier alpha value is -2.17. The van der Waals surface area contributed by atoms with Crippen LogP contribution in [0, 0.1) is 0 Å². The number of hydrogen-bond donors (Lipinski definition) is 0. The lowest BCUT2D eigenvalue weighted by Crippen LogP contribution is -2.30. The van der Waals surface area contributed by atoms with Crippen molar-refractivity contribution in [3.05, 3.63) is 103 Å². The van der Waals surface area contributed by atoms with Gasteiger partial charge in [0.15, 0.2) is 0 Å². The van der Waals surface area contributed by atoms with Crippen molar-refractivity contribution < 1.29 is 0 Å². The molecular formula is C28H32AlN2P. The van der Waals surface area contributed by atoms with Gasteiger partial charge < -0.3 is 0 Å². The first-order chi connectivity index (χ1) is 15.3. The van der Waals surface area contributed by atoms with E-state index in [1.165, 1.54) is 21.6 Å². The fourth-order valence-electron chi connectivity index (χ4n) is 4.79. The molecule has 1 unspecified atom stereocenters. The number of pyridine rings is 1. The van der Waals surface area contributed by atoms with Gasteiger partial charge in [-0.05, 0) is 47.5 Å². The van der Waals surface area contributed by atoms with Gasteiger partial charge in [-0.15, -0.1) is 11.6 Å². The quantitative estimate of drug-likeness (QED) is 0.231. The average Bonchev–Trinajstić information content (AvgIpc) is 2.79. The van der Waals surface area contributed by atoms with E-state index in [1.807, 2.05) is 12.3 Å². The van der Waals surface area contributed by atoms with Gasteiger partial charge in [0.1, 0.15) is 0 Å². The first kappa shape index (κ1) is 23.0. The maximum absolute atomic E-state index is 5.80. The van der Waals surface area contributed by atoms with Crippen molar-refractivity contribution in [1.29, 1.82) is 0 Å². The Morgan fingerprint density at radius 3 is 1.84 bits per heavy atom. The van der Waals surface area contributed by atoms with E-state index in [9.17, 15) is 0 Å². The lowest BCUT2D eigenvalue weighted by atomic mass is 10.1. The van der Waals surface area contributed by atoms with Gasteiger partial charge in [0, 0.05) is 18.6 Å². The maximum Gasteiger partial charge on any atom is 0.274 e. The second-order valence-corrected chi connectivity index (χ2v) is 16.6. The summed E-state index contributed by atoms with van der Waals surface area (Å²) < 4.78 is 6.16. The Bertz CT molecular complexity index is 1200. The van der Waals surface area contributed by atoms with Gasteiger partial charge in [0.2, 0.25) is 0 Å². The van der Waals surface area contributed by atoms with Gasteiger partial charge in [-0.3, -0.25) is 9.73 Å². The SMILES string of the molecule is [CH3][Al]([CH3])[CH](c1cccc2cccnc12)P(=NC(C)(C)C)(c1ccccc1)c1ccccc1. The third-order valence-corrected chi connectivity index (χ3v) is 14.6. The van der Waals surface area contributed by atoms with E-state index in [-0.39, 0.29) is 5.54 Å². The summed E-state index contributed by atoms with van der Waals surface area (Å²) in [7, 11) is -2.17. The monoisotopic (exact) mass is 454 g/mol. The molecule has 0 aliphatic rings. The molecule has 162 valence electrons. The third-order valence-electron chi connectivity index (χ3n) is 5.77. The Morgan fingerprint density at radius 2 is 1.31 bits per heavy atom. The van der Waals surface area contributed by atoms with Gasteiger partial charge >= 0.3 is 0 Å². The molecule has 0 saturated carbocycles. The summed E-state index contributed by atoms with van der Waals surface area (Å²) in [4.78, 5) is 4.88. The van der Waals surface area contributed by atoms with Gasteiger partial charge in [0.05, 0.1) is 11.1 Å². The Balaban J connectivity index is 2.18. The molecule has 3 aromatic carbocycles. The molecule has 2 nitrogen and oxygen atoms in total. The Kier molecular flexibility index (Phi) is 6.73. The highest BCUT2D eigenvalue weighted by Crippen LogP contribution is 2.63. The van der Waals surface area contributed by atoms with Crippen LogP contribution in [0.4, 0.5) is 0 Å². The number of para-hydroxylation sites is 1. The fraction of sp³-hybridized carbons (Fsp3) is 0.250. The molecule has 0 aliphatic carbocycles. The average molecular weight is 455 g/mol. The maximum atomic E-state index is 5.80. The first-order valence-electron chi connectivity index (χ1n) is 11.4. The molecule has 4 heteroatoms. The van der Waals surface area contributed by atoms with E-state index in [2.05, 4.69) is 117 Å². The Morgan fingerprint density at radius 1 is 0.750 bits per heavy atom. The highest BCUT2D eigenvalue weighted by Gasteiger charge is 2.41. The Labute approximate surface area is 197 Å². The van der Waals surface area contributed by atoms with Crippen LogP contribution < -0.4 is 10.6 Å². The molecule has 0 fully saturated rings. The number of aromatic nitrogens is 1. The summed E-state index contributed by atoms with van der Waals surface area (Å²) in [5.41, 5.74) is 2.32. The van der Waals surface area contributed by atoms with Crippen LogP contribution >= 0.6 is 7.05 Å². The van der Waals surface area contributed by atoms with Crippen molar-refractivity contribution >= 4 is 42.7 Å². The summed E-state index contributed by atoms with van der Waals surface area (Å²) in [6, 6.07) is 33.0. The normalized spacial score (nSPS) is 13.0. The van der Waals surface area contributed by atoms with Gasteiger partial charge in [-0.2, -0.15) is 0 Å². The first-order valence-corrected chi connectivity index (χ1v) is 16.2. The molecule has 0 bridgehead atoms. The molecule has 0 N–H and O–H groups in total. The summed E-state index contributed by atoms with van der Waals surface area (Å²) in [5.74, 6) is 4.95. The second-order valence-electron chi connectivity index (χ2n) is 9.74. The molecular weight excluding hydrogens is 422 g/mol. The predicted octanol–water partition coefficient (Wildman–Crippen LogP) is 7.22. The van der Waals surface area contributed by atoms with Crippen LogP contribution in [-0.4, -0.2) is 24.7 Å². The largest absolute Gasteiger partial charge is 0.289 e. The molecule has 4 rings (SSSR count). The van der Waals surface area contributed by atoms with Crippen molar-refractivity contribution in [2.75, 3.05) is 0 Å². The topological polar surface area (TPSA) is 25.2 Å². The van der Waals surface area contributed by atoms with Crippen LogP contribution in [0.25, 0.3) is 10.9 Å². The zero-order valence-corrected chi connectivity index (χ0v) is 21.8. The van der Waals surface area contributed by atoms with Crippen LogP contribution in [-0.2, 0) is 0 Å². The zero-order valence-electron chi connectivity index (χ0n) is 19.7. The molecule has 1 aromatic heterocycles. The molecule has 0 amide bonds. The predicted molar refractivity (Wildman–Crippen MR) is 143 cm³/mol. The second kappa shape index (κ2) is 9.37. The molecule has 4 aromatic rings. The third kappa shape index (κ3) is 4.49. The lowest BCUT2D eigenvalue weighted by molar-refractivity contribution is 0.590. The van der Waals surface area contributed by atoms with Crippen molar-refractivity contribution in [2.24, 2.45) is 4.74 Å². The molecule has 1 heterocycles. The van der Waals surface area contributed by atoms with E-state index < -0.39 is 21.2 Å². The molecule has 0 aliphatic heterocycles. The molecule has 0 radical (unpaired) electrons.